The fourth-order valence-corrected chi connectivity index (χ4v) is 3.10. The Labute approximate surface area is 121 Å². The van der Waals surface area contributed by atoms with Gasteiger partial charge in [0.15, 0.2) is 5.11 Å². The lowest BCUT2D eigenvalue weighted by Crippen LogP contribution is -2.37. The highest BCUT2D eigenvalue weighted by molar-refractivity contribution is 7.80. The second-order valence-corrected chi connectivity index (χ2v) is 6.26. The lowest BCUT2D eigenvalue weighted by Gasteiger charge is -2.21. The third-order valence-corrected chi connectivity index (χ3v) is 4.37. The van der Waals surface area contributed by atoms with Crippen molar-refractivity contribution < 1.29 is 0 Å². The van der Waals surface area contributed by atoms with E-state index in [4.69, 9.17) is 12.2 Å². The second-order valence-electron chi connectivity index (χ2n) is 5.85. The first-order valence-electron chi connectivity index (χ1n) is 7.41. The number of thiocarbonyl (C=S) groups is 1. The number of rotatable bonds is 3. The van der Waals surface area contributed by atoms with Crippen molar-refractivity contribution in [1.29, 1.82) is 0 Å². The van der Waals surface area contributed by atoms with Crippen LogP contribution >= 0.6 is 12.2 Å². The minimum atomic E-state index is 0.283. The summed E-state index contributed by atoms with van der Waals surface area (Å²) < 4.78 is 0. The second kappa shape index (κ2) is 5.49. The number of aryl methyl sites for hydroxylation is 2. The molecule has 2 aliphatic carbocycles. The van der Waals surface area contributed by atoms with Gasteiger partial charge >= 0.3 is 0 Å². The number of hydrogen-bond donors (Lipinski definition) is 2. The maximum atomic E-state index is 5.35. The summed E-state index contributed by atoms with van der Waals surface area (Å²) in [5.74, 6) is 0. The van der Waals surface area contributed by atoms with Crippen LogP contribution in [0.3, 0.4) is 0 Å². The van der Waals surface area contributed by atoms with Crippen LogP contribution in [0.25, 0.3) is 0 Å². The Bertz CT molecular complexity index is 480. The highest BCUT2D eigenvalue weighted by Gasteiger charge is 2.22. The molecule has 1 atom stereocenters. The molecule has 0 unspecified atom stereocenters. The predicted octanol–water partition coefficient (Wildman–Crippen LogP) is 3.25. The average Bonchev–Trinajstić information content (AvgIpc) is 3.21. The smallest absolute Gasteiger partial charge is 0.166 e. The van der Waals surface area contributed by atoms with Crippen molar-refractivity contribution in [3.63, 3.8) is 0 Å². The van der Waals surface area contributed by atoms with Gasteiger partial charge in [-0.3, -0.25) is 0 Å². The van der Waals surface area contributed by atoms with Crippen LogP contribution < -0.4 is 10.6 Å². The maximum absolute atomic E-state index is 5.35. The first-order chi connectivity index (χ1) is 9.22. The Morgan fingerprint density at radius 1 is 1.21 bits per heavy atom. The Balaban J connectivity index is 1.65. The van der Waals surface area contributed by atoms with E-state index in [-0.39, 0.29) is 6.04 Å². The molecule has 0 aliphatic heterocycles. The van der Waals surface area contributed by atoms with E-state index in [2.05, 4.69) is 35.8 Å². The molecule has 102 valence electrons. The third kappa shape index (κ3) is 3.27. The molecule has 2 nitrogen and oxygen atoms in total. The summed E-state index contributed by atoms with van der Waals surface area (Å²) in [5, 5.41) is 7.53. The fraction of sp³-hybridized carbons (Fsp3) is 0.562. The van der Waals surface area contributed by atoms with Crippen LogP contribution in [-0.2, 0) is 12.8 Å². The summed E-state index contributed by atoms with van der Waals surface area (Å²) in [7, 11) is 0. The van der Waals surface area contributed by atoms with Crippen molar-refractivity contribution in [2.75, 3.05) is 0 Å². The Hall–Kier alpha value is -1.09. The molecule has 1 fully saturated rings. The first-order valence-corrected chi connectivity index (χ1v) is 7.82. The van der Waals surface area contributed by atoms with Gasteiger partial charge in [0.05, 0.1) is 6.04 Å². The van der Waals surface area contributed by atoms with Gasteiger partial charge in [-0.15, -0.1) is 0 Å². The minimum Gasteiger partial charge on any atom is -0.360 e. The van der Waals surface area contributed by atoms with Crippen molar-refractivity contribution >= 4 is 17.3 Å². The predicted molar refractivity (Wildman–Crippen MR) is 83.4 cm³/mol. The van der Waals surface area contributed by atoms with Gasteiger partial charge in [-0.05, 0) is 74.4 Å². The normalized spacial score (nSPS) is 19.4. The van der Waals surface area contributed by atoms with Gasteiger partial charge in [0, 0.05) is 6.04 Å². The van der Waals surface area contributed by atoms with Crippen molar-refractivity contribution in [2.24, 2.45) is 0 Å². The van der Waals surface area contributed by atoms with Crippen LogP contribution in [0.1, 0.15) is 55.3 Å². The molecular weight excluding hydrogens is 252 g/mol. The van der Waals surface area contributed by atoms with Crippen molar-refractivity contribution in [3.05, 3.63) is 34.9 Å². The topological polar surface area (TPSA) is 24.1 Å². The molecule has 0 heterocycles. The lowest BCUT2D eigenvalue weighted by molar-refractivity contribution is 0.670. The van der Waals surface area contributed by atoms with Gasteiger partial charge in [0.2, 0.25) is 0 Å². The molecule has 0 amide bonds. The van der Waals surface area contributed by atoms with Gasteiger partial charge in [-0.25, -0.2) is 0 Å². The van der Waals surface area contributed by atoms with E-state index in [1.165, 1.54) is 44.1 Å². The largest absolute Gasteiger partial charge is 0.360 e. The Morgan fingerprint density at radius 3 is 2.68 bits per heavy atom. The summed E-state index contributed by atoms with van der Waals surface area (Å²) >= 11 is 5.35. The van der Waals surface area contributed by atoms with Crippen LogP contribution in [0.2, 0.25) is 0 Å². The summed E-state index contributed by atoms with van der Waals surface area (Å²) in [4.78, 5) is 0. The molecule has 1 saturated carbocycles. The molecule has 1 aromatic rings. The highest BCUT2D eigenvalue weighted by atomic mass is 32.1. The van der Waals surface area contributed by atoms with E-state index in [9.17, 15) is 0 Å². The fourth-order valence-electron chi connectivity index (χ4n) is 2.76. The Morgan fingerprint density at radius 2 is 1.95 bits per heavy atom. The van der Waals surface area contributed by atoms with Crippen molar-refractivity contribution in [1.82, 2.24) is 10.6 Å². The molecule has 19 heavy (non-hydrogen) atoms. The first kappa shape index (κ1) is 12.9. The zero-order valence-electron chi connectivity index (χ0n) is 11.5. The van der Waals surface area contributed by atoms with Crippen LogP contribution in [0, 0.1) is 0 Å². The minimum absolute atomic E-state index is 0.283. The maximum Gasteiger partial charge on any atom is 0.166 e. The van der Waals surface area contributed by atoms with Crippen molar-refractivity contribution in [2.45, 2.75) is 57.5 Å². The van der Waals surface area contributed by atoms with E-state index in [0.29, 0.717) is 6.04 Å². The zero-order chi connectivity index (χ0) is 13.2. The lowest BCUT2D eigenvalue weighted by atomic mass is 9.89. The molecule has 0 spiro atoms. The number of benzene rings is 1. The summed E-state index contributed by atoms with van der Waals surface area (Å²) in [6, 6.07) is 7.83. The quantitative estimate of drug-likeness (QED) is 0.827. The van der Waals surface area contributed by atoms with Crippen LogP contribution in [0.5, 0.6) is 0 Å². The van der Waals surface area contributed by atoms with E-state index in [1.54, 1.807) is 11.1 Å². The van der Waals surface area contributed by atoms with Crippen LogP contribution in [0.15, 0.2) is 18.2 Å². The van der Waals surface area contributed by atoms with Gasteiger partial charge in [-0.2, -0.15) is 0 Å². The average molecular weight is 274 g/mol. The third-order valence-electron chi connectivity index (χ3n) is 4.13. The summed E-state index contributed by atoms with van der Waals surface area (Å²) in [5.41, 5.74) is 4.43. The van der Waals surface area contributed by atoms with Gasteiger partial charge in [0.25, 0.3) is 0 Å². The molecule has 0 bridgehead atoms. The van der Waals surface area contributed by atoms with E-state index >= 15 is 0 Å². The molecule has 2 N–H and O–H groups in total. The monoisotopic (exact) mass is 274 g/mol. The standard InChI is InChI=1S/C16H22N2S/c1-11(17-16(19)18-15-8-9-15)13-7-6-12-4-2-3-5-14(12)10-13/h6-7,10-11,15H,2-5,8-9H2,1H3,(H2,17,18,19)/t11-/m0/s1. The van der Waals surface area contributed by atoms with Gasteiger partial charge < -0.3 is 10.6 Å². The number of hydrogen-bond acceptors (Lipinski definition) is 1. The van der Waals surface area contributed by atoms with Gasteiger partial charge in [-0.1, -0.05) is 18.2 Å². The van der Waals surface area contributed by atoms with E-state index in [1.807, 2.05) is 0 Å². The molecule has 0 radical (unpaired) electrons. The van der Waals surface area contributed by atoms with E-state index < -0.39 is 0 Å². The molecule has 0 saturated heterocycles. The zero-order valence-corrected chi connectivity index (χ0v) is 12.4. The number of fused-ring (bicyclic) bond motifs is 1. The molecule has 2 aliphatic rings. The summed E-state index contributed by atoms with van der Waals surface area (Å²) in [6.07, 6.45) is 7.68. The molecule has 1 aromatic carbocycles. The Kier molecular flexibility index (Phi) is 3.74. The number of nitrogens with one attached hydrogen (secondary N) is 2. The highest BCUT2D eigenvalue weighted by Crippen LogP contribution is 2.25. The summed E-state index contributed by atoms with van der Waals surface area (Å²) in [6.45, 7) is 2.19. The van der Waals surface area contributed by atoms with E-state index in [0.717, 1.165) is 5.11 Å². The van der Waals surface area contributed by atoms with Crippen LogP contribution in [-0.4, -0.2) is 11.2 Å². The molecule has 0 aromatic heterocycles. The molecule has 3 rings (SSSR count). The van der Waals surface area contributed by atoms with Gasteiger partial charge in [0.1, 0.15) is 0 Å². The molecule has 3 heteroatoms. The van der Waals surface area contributed by atoms with Crippen LogP contribution in [0.4, 0.5) is 0 Å². The molecular formula is C16H22N2S. The SMILES string of the molecule is C[C@H](NC(=S)NC1CC1)c1ccc2c(c1)CCCC2. The van der Waals surface area contributed by atoms with Crippen molar-refractivity contribution in [3.8, 4) is 0 Å².